The van der Waals surface area contributed by atoms with Gasteiger partial charge in [0.25, 0.3) is 0 Å². The lowest BCUT2D eigenvalue weighted by atomic mass is 10.2. The van der Waals surface area contributed by atoms with E-state index in [0.717, 1.165) is 0 Å². The van der Waals surface area contributed by atoms with Crippen molar-refractivity contribution in [1.29, 1.82) is 5.41 Å². The number of carboxylic acid groups (broad SMARTS) is 1. The summed E-state index contributed by atoms with van der Waals surface area (Å²) in [7, 11) is 0. The van der Waals surface area contributed by atoms with E-state index >= 15 is 0 Å². The van der Waals surface area contributed by atoms with Gasteiger partial charge in [0.1, 0.15) is 11.9 Å². The third-order valence-corrected chi connectivity index (χ3v) is 1.31. The fourth-order valence-electron chi connectivity index (χ4n) is 0.604. The van der Waals surface area contributed by atoms with Crippen LogP contribution in [0.3, 0.4) is 0 Å². The molecule has 0 radical (unpaired) electrons. The van der Waals surface area contributed by atoms with Gasteiger partial charge in [0, 0.05) is 6.54 Å². The molecule has 0 aliphatic heterocycles. The third-order valence-electron chi connectivity index (χ3n) is 1.31. The Balaban J connectivity index is 4.58. The zero-order chi connectivity index (χ0) is 10.4. The second-order valence-electron chi connectivity index (χ2n) is 2.27. The van der Waals surface area contributed by atoms with Crippen LogP contribution in [0.15, 0.2) is 4.99 Å². The van der Waals surface area contributed by atoms with E-state index in [1.54, 1.807) is 0 Å². The highest BCUT2D eigenvalue weighted by molar-refractivity contribution is 6.10. The van der Waals surface area contributed by atoms with Gasteiger partial charge in [-0.2, -0.15) is 0 Å². The average molecular weight is 187 g/mol. The predicted octanol–water partition coefficient (Wildman–Crippen LogP) is -2.27. The number of carboxylic acids is 1. The Bertz CT molecular complexity index is 237. The highest BCUT2D eigenvalue weighted by atomic mass is 16.4. The van der Waals surface area contributed by atoms with Crippen molar-refractivity contribution in [3.63, 3.8) is 0 Å². The fourth-order valence-corrected chi connectivity index (χ4v) is 0.604. The maximum Gasteiger partial charge on any atom is 0.326 e. The number of nitrogens with one attached hydrogen (secondary N) is 1. The Morgan fingerprint density at radius 3 is 2.31 bits per heavy atom. The van der Waals surface area contributed by atoms with Crippen LogP contribution in [0.4, 0.5) is 0 Å². The summed E-state index contributed by atoms with van der Waals surface area (Å²) in [5.74, 6) is -1.37. The van der Waals surface area contributed by atoms with Gasteiger partial charge in [0.05, 0.1) is 12.3 Å². The molecule has 0 aliphatic rings. The first-order valence-electron chi connectivity index (χ1n) is 3.56. The molecule has 0 aromatic rings. The lowest BCUT2D eigenvalue weighted by Gasteiger charge is -2.07. The monoisotopic (exact) mass is 187 g/mol. The first kappa shape index (κ1) is 11.7. The first-order valence-corrected chi connectivity index (χ1v) is 3.56. The van der Waals surface area contributed by atoms with Crippen LogP contribution in [0.5, 0.6) is 0 Å². The van der Waals surface area contributed by atoms with Crippen LogP contribution in [0.1, 0.15) is 0 Å². The molecule has 0 aromatic carbocycles. The normalized spacial score (nSPS) is 13.9. The van der Waals surface area contributed by atoms with Gasteiger partial charge in [-0.3, -0.25) is 10.2 Å². The number of hydrogen-bond acceptors (Lipinski definition) is 5. The van der Waals surface area contributed by atoms with Crippen molar-refractivity contribution in [2.24, 2.45) is 22.2 Å². The van der Waals surface area contributed by atoms with E-state index < -0.39 is 12.0 Å². The highest BCUT2D eigenvalue weighted by Crippen LogP contribution is 1.86. The topological polar surface area (TPSA) is 152 Å². The molecule has 0 fully saturated rings. The van der Waals surface area contributed by atoms with Crippen LogP contribution in [0, 0.1) is 5.41 Å². The molecule has 0 aromatic heterocycles. The van der Waals surface area contributed by atoms with Crippen molar-refractivity contribution in [2.75, 3.05) is 13.1 Å². The lowest BCUT2D eigenvalue weighted by Crippen LogP contribution is -2.42. The van der Waals surface area contributed by atoms with Gasteiger partial charge in [-0.05, 0) is 0 Å². The molecule has 7 nitrogen and oxygen atoms in total. The van der Waals surface area contributed by atoms with Crippen LogP contribution < -0.4 is 17.2 Å². The number of hydrogen-bond donors (Lipinski definition) is 5. The Kier molecular flexibility index (Phi) is 4.82. The van der Waals surface area contributed by atoms with Crippen LogP contribution in [0.2, 0.25) is 0 Å². The van der Waals surface area contributed by atoms with Crippen LogP contribution in [-0.4, -0.2) is 41.8 Å². The zero-order valence-electron chi connectivity index (χ0n) is 7.03. The number of amidine groups is 1. The van der Waals surface area contributed by atoms with E-state index in [9.17, 15) is 4.79 Å². The molecule has 13 heavy (non-hydrogen) atoms. The number of aliphatic carboxylic acids is 1. The number of nitrogens with two attached hydrogens (primary N) is 3. The summed E-state index contributed by atoms with van der Waals surface area (Å²) >= 11 is 0. The second-order valence-corrected chi connectivity index (χ2v) is 2.27. The predicted molar refractivity (Wildman–Crippen MR) is 48.9 cm³/mol. The van der Waals surface area contributed by atoms with E-state index in [4.69, 9.17) is 27.7 Å². The molecule has 0 spiro atoms. The van der Waals surface area contributed by atoms with E-state index in [-0.39, 0.29) is 24.6 Å². The second kappa shape index (κ2) is 5.36. The van der Waals surface area contributed by atoms with E-state index in [0.29, 0.717) is 0 Å². The quantitative estimate of drug-likeness (QED) is 0.248. The highest BCUT2D eigenvalue weighted by Gasteiger charge is 2.17. The van der Waals surface area contributed by atoms with Crippen molar-refractivity contribution in [3.05, 3.63) is 0 Å². The van der Waals surface area contributed by atoms with E-state index in [1.165, 1.54) is 0 Å². The van der Waals surface area contributed by atoms with Crippen molar-refractivity contribution < 1.29 is 9.90 Å². The molecule has 0 saturated carbocycles. The van der Waals surface area contributed by atoms with Gasteiger partial charge in [-0.15, -0.1) is 0 Å². The van der Waals surface area contributed by atoms with E-state index in [1.807, 2.05) is 0 Å². The Morgan fingerprint density at radius 1 is 1.46 bits per heavy atom. The number of carbonyl (C=O) groups is 1. The number of aliphatic imine (C=N–C) groups is 1. The summed E-state index contributed by atoms with van der Waals surface area (Å²) in [6.07, 6.45) is 0. The van der Waals surface area contributed by atoms with Crippen molar-refractivity contribution in [3.8, 4) is 0 Å². The van der Waals surface area contributed by atoms with Gasteiger partial charge in [0.15, 0.2) is 0 Å². The zero-order valence-corrected chi connectivity index (χ0v) is 7.03. The molecule has 1 atom stereocenters. The summed E-state index contributed by atoms with van der Waals surface area (Å²) in [5.41, 5.74) is 15.6. The van der Waals surface area contributed by atoms with Gasteiger partial charge in [-0.1, -0.05) is 0 Å². The Labute approximate surface area is 75.1 Å². The molecule has 0 heterocycles. The molecule has 0 rings (SSSR count). The maximum atomic E-state index is 10.4. The molecular weight excluding hydrogens is 174 g/mol. The van der Waals surface area contributed by atoms with Crippen molar-refractivity contribution in [2.45, 2.75) is 6.04 Å². The molecule has 74 valence electrons. The third kappa shape index (κ3) is 3.74. The summed E-state index contributed by atoms with van der Waals surface area (Å²) < 4.78 is 0. The van der Waals surface area contributed by atoms with Gasteiger partial charge >= 0.3 is 5.97 Å². The average Bonchev–Trinajstić information content (AvgIpc) is 2.12. The molecule has 7 heteroatoms. The summed E-state index contributed by atoms with van der Waals surface area (Å²) in [6, 6.07) is -1.27. The van der Waals surface area contributed by atoms with Crippen LogP contribution >= 0.6 is 0 Å². The lowest BCUT2D eigenvalue weighted by molar-refractivity contribution is -0.136. The molecule has 0 amide bonds. The number of rotatable bonds is 4. The fraction of sp³-hybridized carbons (Fsp3) is 0.500. The standard InChI is InChI=1S/C6H13N5O2/c7-1-3(5(10)6(12)13)11-4(9)2-8/h5,9H,1-2,7-8,10H2,(H,12,13). The molecule has 0 bridgehead atoms. The number of nitrogens with zero attached hydrogens (tertiary/aromatic N) is 1. The minimum atomic E-state index is -1.27. The molecule has 0 aliphatic carbocycles. The Morgan fingerprint density at radius 2 is 2.00 bits per heavy atom. The van der Waals surface area contributed by atoms with Gasteiger partial charge < -0.3 is 22.3 Å². The van der Waals surface area contributed by atoms with Crippen LogP contribution in [0.25, 0.3) is 0 Å². The Hall–Kier alpha value is -1.31. The summed E-state index contributed by atoms with van der Waals surface area (Å²) in [4.78, 5) is 14.0. The molecular formula is C6H13N5O2. The van der Waals surface area contributed by atoms with E-state index in [2.05, 4.69) is 4.99 Å². The minimum Gasteiger partial charge on any atom is -0.480 e. The largest absolute Gasteiger partial charge is 0.480 e. The summed E-state index contributed by atoms with van der Waals surface area (Å²) in [5, 5.41) is 15.6. The molecule has 8 N–H and O–H groups in total. The smallest absolute Gasteiger partial charge is 0.326 e. The summed E-state index contributed by atoms with van der Waals surface area (Å²) in [6.45, 7) is -0.175. The SMILES string of the molecule is N=C(CN)N=C(CN)C(N)C(=O)O. The van der Waals surface area contributed by atoms with Crippen molar-refractivity contribution in [1.82, 2.24) is 0 Å². The first-order chi connectivity index (χ1) is 6.02. The van der Waals surface area contributed by atoms with Crippen molar-refractivity contribution >= 4 is 17.5 Å². The maximum absolute atomic E-state index is 10.4. The molecule has 0 saturated heterocycles. The van der Waals surface area contributed by atoms with Crippen LogP contribution in [-0.2, 0) is 4.79 Å². The van der Waals surface area contributed by atoms with Gasteiger partial charge in [0.2, 0.25) is 0 Å². The van der Waals surface area contributed by atoms with Gasteiger partial charge in [-0.25, -0.2) is 4.99 Å². The minimum absolute atomic E-state index is 0.0444. The molecule has 1 unspecified atom stereocenters.